The van der Waals surface area contributed by atoms with Crippen LogP contribution in [0.15, 0.2) is 24.7 Å². The van der Waals surface area contributed by atoms with Crippen LogP contribution in [0.3, 0.4) is 0 Å². The van der Waals surface area contributed by atoms with Crippen LogP contribution in [0.1, 0.15) is 23.0 Å². The van der Waals surface area contributed by atoms with Gasteiger partial charge in [0.2, 0.25) is 0 Å². The van der Waals surface area contributed by atoms with E-state index in [0.29, 0.717) is 15.6 Å². The van der Waals surface area contributed by atoms with Gasteiger partial charge in [0.15, 0.2) is 17.3 Å². The van der Waals surface area contributed by atoms with Crippen LogP contribution in [-0.2, 0) is 13.2 Å². The van der Waals surface area contributed by atoms with Crippen molar-refractivity contribution in [3.63, 3.8) is 0 Å². The minimum absolute atomic E-state index is 0.0303. The Bertz CT molecular complexity index is 878. The average Bonchev–Trinajstić information content (AvgIpc) is 3.02. The SMILES string of the molecule is CC(=O)c1cnn(-c2nccc3cnn(C)c23)c1C(F)(F)F. The van der Waals surface area contributed by atoms with Crippen LogP contribution in [-0.4, -0.2) is 30.3 Å². The van der Waals surface area contributed by atoms with Gasteiger partial charge < -0.3 is 0 Å². The lowest BCUT2D eigenvalue weighted by Gasteiger charge is -2.12. The van der Waals surface area contributed by atoms with Gasteiger partial charge in [-0.25, -0.2) is 9.67 Å². The first-order chi connectivity index (χ1) is 10.3. The highest BCUT2D eigenvalue weighted by atomic mass is 19.4. The number of Topliss-reactive ketones (excluding diaryl/α,β-unsaturated/α-hetero) is 1. The minimum atomic E-state index is -4.74. The quantitative estimate of drug-likeness (QED) is 0.682. The second-order valence-electron chi connectivity index (χ2n) is 4.71. The van der Waals surface area contributed by atoms with Gasteiger partial charge in [-0.1, -0.05) is 0 Å². The summed E-state index contributed by atoms with van der Waals surface area (Å²) in [6, 6.07) is 1.63. The molecule has 114 valence electrons. The summed E-state index contributed by atoms with van der Waals surface area (Å²) in [7, 11) is 1.59. The van der Waals surface area contributed by atoms with Crippen molar-refractivity contribution in [2.24, 2.45) is 7.05 Å². The first-order valence-electron chi connectivity index (χ1n) is 6.24. The maximum atomic E-state index is 13.4. The van der Waals surface area contributed by atoms with Crippen LogP contribution in [0, 0.1) is 0 Å². The molecule has 3 aromatic rings. The van der Waals surface area contributed by atoms with E-state index in [9.17, 15) is 18.0 Å². The van der Waals surface area contributed by atoms with Crippen molar-refractivity contribution < 1.29 is 18.0 Å². The molecule has 3 aromatic heterocycles. The van der Waals surface area contributed by atoms with E-state index in [1.807, 2.05) is 0 Å². The molecule has 0 bridgehead atoms. The maximum Gasteiger partial charge on any atom is 0.434 e. The van der Waals surface area contributed by atoms with Crippen LogP contribution >= 0.6 is 0 Å². The molecule has 0 saturated carbocycles. The molecule has 0 aliphatic heterocycles. The summed E-state index contributed by atoms with van der Waals surface area (Å²) in [5, 5.41) is 8.35. The number of rotatable bonds is 2. The maximum absolute atomic E-state index is 13.4. The Balaban J connectivity index is 2.37. The van der Waals surface area contributed by atoms with E-state index < -0.39 is 23.2 Å². The van der Waals surface area contributed by atoms with Crippen LogP contribution in [0.4, 0.5) is 13.2 Å². The summed E-state index contributed by atoms with van der Waals surface area (Å²) < 4.78 is 42.1. The van der Waals surface area contributed by atoms with Gasteiger partial charge in [-0.15, -0.1) is 0 Å². The summed E-state index contributed by atoms with van der Waals surface area (Å²) in [4.78, 5) is 15.4. The molecule has 0 aromatic carbocycles. The lowest BCUT2D eigenvalue weighted by molar-refractivity contribution is -0.143. The molecule has 3 heterocycles. The number of carbonyl (C=O) groups excluding carboxylic acids is 1. The fourth-order valence-electron chi connectivity index (χ4n) is 2.29. The minimum Gasteiger partial charge on any atom is -0.294 e. The number of fused-ring (bicyclic) bond motifs is 1. The van der Waals surface area contributed by atoms with E-state index in [1.165, 1.54) is 17.1 Å². The number of alkyl halides is 3. The third-order valence-electron chi connectivity index (χ3n) is 3.25. The zero-order valence-electron chi connectivity index (χ0n) is 11.6. The molecule has 0 atom stereocenters. The predicted molar refractivity (Wildman–Crippen MR) is 70.6 cm³/mol. The van der Waals surface area contributed by atoms with E-state index in [0.717, 1.165) is 13.1 Å². The largest absolute Gasteiger partial charge is 0.434 e. The van der Waals surface area contributed by atoms with Gasteiger partial charge in [0.05, 0.1) is 18.0 Å². The van der Waals surface area contributed by atoms with Crippen molar-refractivity contribution in [2.75, 3.05) is 0 Å². The molecule has 9 heteroatoms. The van der Waals surface area contributed by atoms with Gasteiger partial charge in [0.1, 0.15) is 5.52 Å². The first kappa shape index (κ1) is 14.2. The number of halogens is 3. The lowest BCUT2D eigenvalue weighted by Crippen LogP contribution is -2.18. The predicted octanol–water partition coefficient (Wildman–Crippen LogP) is 2.38. The lowest BCUT2D eigenvalue weighted by atomic mass is 10.2. The van der Waals surface area contributed by atoms with Gasteiger partial charge in [0, 0.05) is 18.6 Å². The van der Waals surface area contributed by atoms with Gasteiger partial charge in [0.25, 0.3) is 0 Å². The molecule has 0 radical (unpaired) electrons. The second-order valence-corrected chi connectivity index (χ2v) is 4.71. The fraction of sp³-hybridized carbons (Fsp3) is 0.231. The van der Waals surface area contributed by atoms with Crippen molar-refractivity contribution in [2.45, 2.75) is 13.1 Å². The number of pyridine rings is 1. The zero-order valence-corrected chi connectivity index (χ0v) is 11.6. The highest BCUT2D eigenvalue weighted by Crippen LogP contribution is 2.34. The van der Waals surface area contributed by atoms with E-state index in [1.54, 1.807) is 13.1 Å². The number of aryl methyl sites for hydroxylation is 1. The molecule has 6 nitrogen and oxygen atoms in total. The standard InChI is InChI=1S/C13H10F3N5O/c1-7(22)9-6-19-21(11(9)13(14,15)16)12-10-8(3-4-17-12)5-18-20(10)2/h3-6H,1-2H3. The normalized spacial score (nSPS) is 12.0. The van der Waals surface area contributed by atoms with E-state index in [4.69, 9.17) is 0 Å². The van der Waals surface area contributed by atoms with Crippen LogP contribution in [0.25, 0.3) is 16.7 Å². The van der Waals surface area contributed by atoms with Crippen molar-refractivity contribution in [3.05, 3.63) is 35.9 Å². The summed E-state index contributed by atoms with van der Waals surface area (Å²) in [5.41, 5.74) is -1.24. The zero-order chi connectivity index (χ0) is 16.1. The van der Waals surface area contributed by atoms with E-state index in [2.05, 4.69) is 15.2 Å². The van der Waals surface area contributed by atoms with Crippen molar-refractivity contribution in [3.8, 4) is 5.82 Å². The summed E-state index contributed by atoms with van der Waals surface area (Å²) in [6.07, 6.45) is -0.945. The molecule has 0 aliphatic carbocycles. The molecule has 22 heavy (non-hydrogen) atoms. The smallest absolute Gasteiger partial charge is 0.294 e. The third-order valence-corrected chi connectivity index (χ3v) is 3.25. The highest BCUT2D eigenvalue weighted by molar-refractivity contribution is 5.95. The van der Waals surface area contributed by atoms with Gasteiger partial charge in [-0.3, -0.25) is 9.48 Å². The third kappa shape index (κ3) is 2.05. The number of nitrogens with zero attached hydrogens (tertiary/aromatic N) is 5. The summed E-state index contributed by atoms with van der Waals surface area (Å²) in [5.74, 6) is -0.743. The Hall–Kier alpha value is -2.71. The molecule has 0 unspecified atom stereocenters. The second kappa shape index (κ2) is 4.65. The molecular formula is C13H10F3N5O. The van der Waals surface area contributed by atoms with Crippen LogP contribution in [0.5, 0.6) is 0 Å². The first-order valence-corrected chi connectivity index (χ1v) is 6.24. The Morgan fingerprint density at radius 2 is 1.95 bits per heavy atom. The Morgan fingerprint density at radius 1 is 1.23 bits per heavy atom. The number of hydrogen-bond donors (Lipinski definition) is 0. The van der Waals surface area contributed by atoms with Crippen molar-refractivity contribution >= 4 is 16.7 Å². The summed E-state index contributed by atoms with van der Waals surface area (Å²) in [6.45, 7) is 1.06. The van der Waals surface area contributed by atoms with Gasteiger partial charge in [-0.05, 0) is 13.0 Å². The molecule has 3 rings (SSSR count). The number of hydrogen-bond acceptors (Lipinski definition) is 4. The molecule has 0 aliphatic rings. The number of ketones is 1. The topological polar surface area (TPSA) is 65.6 Å². The highest BCUT2D eigenvalue weighted by Gasteiger charge is 2.40. The van der Waals surface area contributed by atoms with Gasteiger partial charge in [-0.2, -0.15) is 23.4 Å². The van der Waals surface area contributed by atoms with Crippen LogP contribution < -0.4 is 0 Å². The molecule has 0 saturated heterocycles. The Labute approximate surface area is 122 Å². The average molecular weight is 309 g/mol. The monoisotopic (exact) mass is 309 g/mol. The summed E-state index contributed by atoms with van der Waals surface area (Å²) >= 11 is 0. The van der Waals surface area contributed by atoms with Crippen LogP contribution in [0.2, 0.25) is 0 Å². The molecule has 0 N–H and O–H groups in total. The molecule has 0 fully saturated rings. The Kier molecular flexibility index (Phi) is 3.01. The fourth-order valence-corrected chi connectivity index (χ4v) is 2.29. The van der Waals surface area contributed by atoms with E-state index in [-0.39, 0.29) is 5.82 Å². The van der Waals surface area contributed by atoms with Gasteiger partial charge >= 0.3 is 6.18 Å². The Morgan fingerprint density at radius 3 is 2.59 bits per heavy atom. The number of aromatic nitrogens is 5. The molecular weight excluding hydrogens is 299 g/mol. The van der Waals surface area contributed by atoms with Crippen molar-refractivity contribution in [1.82, 2.24) is 24.5 Å². The molecule has 0 amide bonds. The molecule has 0 spiro atoms. The van der Waals surface area contributed by atoms with E-state index >= 15 is 0 Å². The number of carbonyl (C=O) groups is 1. The van der Waals surface area contributed by atoms with Crippen molar-refractivity contribution in [1.29, 1.82) is 0 Å².